The monoisotopic (exact) mass is 489 g/mol. The minimum atomic E-state index is -0.972. The van der Waals surface area contributed by atoms with Crippen LogP contribution >= 0.6 is 0 Å². The molecule has 0 spiro atoms. The van der Waals surface area contributed by atoms with Gasteiger partial charge in [-0.15, -0.1) is 0 Å². The SMILES string of the molecule is COc1ccc(CN(C(=O)Nc2ccc(OC)cc2)C2CC(=O)N(c3ccc(OC)cc3)C2=O)cc1. The molecule has 3 aromatic carbocycles. The molecule has 186 valence electrons. The van der Waals surface area contributed by atoms with E-state index in [0.717, 1.165) is 10.5 Å². The number of amides is 4. The first-order valence-corrected chi connectivity index (χ1v) is 11.3. The van der Waals surface area contributed by atoms with Crippen molar-refractivity contribution in [3.05, 3.63) is 78.4 Å². The molecule has 0 aromatic heterocycles. The van der Waals surface area contributed by atoms with E-state index in [-0.39, 0.29) is 18.9 Å². The van der Waals surface area contributed by atoms with Crippen LogP contribution in [0.25, 0.3) is 0 Å². The number of imide groups is 1. The van der Waals surface area contributed by atoms with Gasteiger partial charge in [0.05, 0.1) is 33.4 Å². The lowest BCUT2D eigenvalue weighted by Crippen LogP contribution is -2.46. The molecule has 0 bridgehead atoms. The second-order valence-electron chi connectivity index (χ2n) is 8.12. The number of rotatable bonds is 8. The van der Waals surface area contributed by atoms with Crippen molar-refractivity contribution in [2.45, 2.75) is 19.0 Å². The molecule has 1 heterocycles. The Morgan fingerprint density at radius 3 is 1.86 bits per heavy atom. The predicted octanol–water partition coefficient (Wildman–Crippen LogP) is 4.08. The Labute approximate surface area is 209 Å². The Kier molecular flexibility index (Phi) is 7.39. The van der Waals surface area contributed by atoms with Crippen LogP contribution in [0.2, 0.25) is 0 Å². The van der Waals surface area contributed by atoms with Gasteiger partial charge in [0.2, 0.25) is 5.91 Å². The number of anilines is 2. The summed E-state index contributed by atoms with van der Waals surface area (Å²) < 4.78 is 15.5. The van der Waals surface area contributed by atoms with Crippen LogP contribution in [0.15, 0.2) is 72.8 Å². The van der Waals surface area contributed by atoms with Crippen LogP contribution in [0.1, 0.15) is 12.0 Å². The van der Waals surface area contributed by atoms with Gasteiger partial charge in [-0.25, -0.2) is 9.69 Å². The lowest BCUT2D eigenvalue weighted by molar-refractivity contribution is -0.122. The third-order valence-corrected chi connectivity index (χ3v) is 5.94. The van der Waals surface area contributed by atoms with Crippen molar-refractivity contribution in [2.75, 3.05) is 31.5 Å². The Hall–Kier alpha value is -4.53. The number of benzene rings is 3. The third kappa shape index (κ3) is 5.25. The summed E-state index contributed by atoms with van der Waals surface area (Å²) >= 11 is 0. The van der Waals surface area contributed by atoms with Gasteiger partial charge >= 0.3 is 6.03 Å². The van der Waals surface area contributed by atoms with Crippen LogP contribution in [0, 0.1) is 0 Å². The second-order valence-corrected chi connectivity index (χ2v) is 8.12. The fourth-order valence-electron chi connectivity index (χ4n) is 3.98. The fourth-order valence-corrected chi connectivity index (χ4v) is 3.98. The van der Waals surface area contributed by atoms with E-state index in [1.54, 1.807) is 74.9 Å². The van der Waals surface area contributed by atoms with Crippen LogP contribution in [0.3, 0.4) is 0 Å². The third-order valence-electron chi connectivity index (χ3n) is 5.94. The highest BCUT2D eigenvalue weighted by Crippen LogP contribution is 2.29. The highest BCUT2D eigenvalue weighted by molar-refractivity contribution is 6.23. The average molecular weight is 490 g/mol. The molecule has 3 aromatic rings. The molecule has 4 rings (SSSR count). The van der Waals surface area contributed by atoms with E-state index in [4.69, 9.17) is 14.2 Å². The summed E-state index contributed by atoms with van der Waals surface area (Å²) in [5.74, 6) is 1.07. The Bertz CT molecular complexity index is 1230. The average Bonchev–Trinajstić information content (AvgIpc) is 3.21. The summed E-state index contributed by atoms with van der Waals surface area (Å²) in [6.07, 6.45) is -0.128. The van der Waals surface area contributed by atoms with E-state index in [2.05, 4.69) is 5.32 Å². The summed E-state index contributed by atoms with van der Waals surface area (Å²) in [5, 5.41) is 2.83. The van der Waals surface area contributed by atoms with Crippen molar-refractivity contribution >= 4 is 29.2 Å². The predicted molar refractivity (Wildman–Crippen MR) is 134 cm³/mol. The number of hydrogen-bond donors (Lipinski definition) is 1. The van der Waals surface area contributed by atoms with Crippen molar-refractivity contribution in [2.24, 2.45) is 0 Å². The first-order valence-electron chi connectivity index (χ1n) is 11.3. The van der Waals surface area contributed by atoms with Gasteiger partial charge in [0.25, 0.3) is 5.91 Å². The number of urea groups is 1. The molecule has 0 saturated carbocycles. The number of carbonyl (C=O) groups excluding carboxylic acids is 3. The van der Waals surface area contributed by atoms with Gasteiger partial charge in [-0.3, -0.25) is 9.59 Å². The lowest BCUT2D eigenvalue weighted by atomic mass is 10.1. The van der Waals surface area contributed by atoms with E-state index in [1.807, 2.05) is 12.1 Å². The highest BCUT2D eigenvalue weighted by atomic mass is 16.5. The normalized spacial score (nSPS) is 15.0. The molecule has 1 aliphatic rings. The van der Waals surface area contributed by atoms with Gasteiger partial charge in [0.15, 0.2) is 0 Å². The Morgan fingerprint density at radius 2 is 1.33 bits per heavy atom. The number of nitrogens with one attached hydrogen (secondary N) is 1. The van der Waals surface area contributed by atoms with E-state index < -0.39 is 18.0 Å². The van der Waals surface area contributed by atoms with Crippen molar-refractivity contribution in [1.29, 1.82) is 0 Å². The Morgan fingerprint density at radius 1 is 0.833 bits per heavy atom. The molecule has 1 atom stereocenters. The first kappa shape index (κ1) is 24.6. The quantitative estimate of drug-likeness (QED) is 0.479. The van der Waals surface area contributed by atoms with Gasteiger partial charge in [-0.2, -0.15) is 0 Å². The lowest BCUT2D eigenvalue weighted by Gasteiger charge is -2.28. The van der Waals surface area contributed by atoms with Crippen LogP contribution in [0.5, 0.6) is 17.2 Å². The van der Waals surface area contributed by atoms with E-state index in [1.165, 1.54) is 12.0 Å². The van der Waals surface area contributed by atoms with Crippen molar-refractivity contribution in [3.8, 4) is 17.2 Å². The summed E-state index contributed by atoms with van der Waals surface area (Å²) in [6.45, 7) is 0.117. The van der Waals surface area contributed by atoms with Crippen LogP contribution < -0.4 is 24.4 Å². The van der Waals surface area contributed by atoms with Gasteiger partial charge in [-0.05, 0) is 66.2 Å². The largest absolute Gasteiger partial charge is 0.497 e. The Balaban J connectivity index is 1.61. The molecular formula is C27H27N3O6. The molecule has 0 radical (unpaired) electrons. The van der Waals surface area contributed by atoms with Crippen molar-refractivity contribution in [1.82, 2.24) is 4.90 Å². The maximum absolute atomic E-state index is 13.5. The van der Waals surface area contributed by atoms with Gasteiger partial charge < -0.3 is 24.4 Å². The minimum absolute atomic E-state index is 0.117. The van der Waals surface area contributed by atoms with Gasteiger partial charge in [0.1, 0.15) is 23.3 Å². The molecule has 1 N–H and O–H groups in total. The van der Waals surface area contributed by atoms with Gasteiger partial charge in [-0.1, -0.05) is 12.1 Å². The smallest absolute Gasteiger partial charge is 0.322 e. The van der Waals surface area contributed by atoms with Crippen LogP contribution in [-0.4, -0.2) is 50.1 Å². The molecule has 9 heteroatoms. The zero-order valence-corrected chi connectivity index (χ0v) is 20.3. The van der Waals surface area contributed by atoms with Crippen molar-refractivity contribution < 1.29 is 28.6 Å². The number of hydrogen-bond acceptors (Lipinski definition) is 6. The van der Waals surface area contributed by atoms with E-state index in [0.29, 0.717) is 28.6 Å². The van der Waals surface area contributed by atoms with E-state index >= 15 is 0 Å². The molecule has 36 heavy (non-hydrogen) atoms. The minimum Gasteiger partial charge on any atom is -0.497 e. The number of methoxy groups -OCH3 is 3. The maximum Gasteiger partial charge on any atom is 0.322 e. The van der Waals surface area contributed by atoms with Crippen LogP contribution in [0.4, 0.5) is 16.2 Å². The fraction of sp³-hybridized carbons (Fsp3) is 0.222. The summed E-state index contributed by atoms with van der Waals surface area (Å²) in [4.78, 5) is 42.3. The molecular weight excluding hydrogens is 462 g/mol. The zero-order chi connectivity index (χ0) is 25.7. The molecule has 9 nitrogen and oxygen atoms in total. The summed E-state index contributed by atoms with van der Waals surface area (Å²) in [5.41, 5.74) is 1.74. The number of nitrogens with zero attached hydrogens (tertiary/aromatic N) is 2. The molecule has 0 aliphatic carbocycles. The maximum atomic E-state index is 13.5. The molecule has 1 aliphatic heterocycles. The number of ether oxygens (including phenoxy) is 3. The molecule has 1 saturated heterocycles. The highest BCUT2D eigenvalue weighted by Gasteiger charge is 2.44. The molecule has 1 fully saturated rings. The van der Waals surface area contributed by atoms with Gasteiger partial charge in [0, 0.05) is 12.2 Å². The second kappa shape index (κ2) is 10.8. The van der Waals surface area contributed by atoms with Crippen molar-refractivity contribution in [3.63, 3.8) is 0 Å². The van der Waals surface area contributed by atoms with Crippen LogP contribution in [-0.2, 0) is 16.1 Å². The zero-order valence-electron chi connectivity index (χ0n) is 20.3. The first-order chi connectivity index (χ1) is 17.4. The summed E-state index contributed by atoms with van der Waals surface area (Å²) in [7, 11) is 4.66. The topological polar surface area (TPSA) is 97.4 Å². The summed E-state index contributed by atoms with van der Waals surface area (Å²) in [6, 6.07) is 19.2. The number of carbonyl (C=O) groups is 3. The standard InChI is InChI=1S/C27H27N3O6/c1-34-21-10-4-18(5-11-21)17-29(27(33)28-19-6-12-22(35-2)13-7-19)24-16-25(31)30(26(24)32)20-8-14-23(36-3)15-9-20/h4-15,24H,16-17H2,1-3H3,(H,28,33). The van der Waals surface area contributed by atoms with E-state index in [9.17, 15) is 14.4 Å². The molecule has 1 unspecified atom stereocenters. The molecule has 4 amide bonds.